The maximum Gasteiger partial charge on any atom is 0.254 e. The summed E-state index contributed by atoms with van der Waals surface area (Å²) < 4.78 is 15.0. The Morgan fingerprint density at radius 2 is 1.91 bits per heavy atom. The molecule has 0 radical (unpaired) electrons. The Bertz CT molecular complexity index is 1170. The molecule has 2 aromatic carbocycles. The fraction of sp³-hybridized carbons (Fsp3) is 0.304. The van der Waals surface area contributed by atoms with Gasteiger partial charge in [-0.15, -0.1) is 10.2 Å². The average Bonchev–Trinajstić information content (AvgIpc) is 3.17. The molecule has 33 heavy (non-hydrogen) atoms. The maximum absolute atomic E-state index is 13.2. The molecule has 0 N–H and O–H groups in total. The number of carbonyl (C=O) groups is 2. The molecule has 3 aromatic rings. The number of halogens is 2. The Hall–Kier alpha value is -2.91. The highest BCUT2D eigenvalue weighted by atomic mass is 35.5. The van der Waals surface area contributed by atoms with E-state index >= 15 is 0 Å². The number of hydrogen-bond acceptors (Lipinski definition) is 5. The zero-order valence-corrected chi connectivity index (χ0v) is 19.8. The van der Waals surface area contributed by atoms with Crippen LogP contribution in [0.5, 0.6) is 0 Å². The molecule has 172 valence electrons. The lowest BCUT2D eigenvalue weighted by Crippen LogP contribution is -2.55. The van der Waals surface area contributed by atoms with Crippen LogP contribution in [0.25, 0.3) is 5.69 Å². The number of benzene rings is 2. The fourth-order valence-electron chi connectivity index (χ4n) is 3.81. The van der Waals surface area contributed by atoms with Gasteiger partial charge in [-0.05, 0) is 56.3 Å². The molecular formula is C23H23ClFN5O2S. The van der Waals surface area contributed by atoms with Gasteiger partial charge in [-0.3, -0.25) is 14.2 Å². The van der Waals surface area contributed by atoms with Crippen LogP contribution in [-0.2, 0) is 4.79 Å². The highest BCUT2D eigenvalue weighted by Crippen LogP contribution is 2.24. The number of amides is 2. The minimum atomic E-state index is -0.381. The summed E-state index contributed by atoms with van der Waals surface area (Å²) in [5.74, 6) is 0.341. The highest BCUT2D eigenvalue weighted by molar-refractivity contribution is 7.99. The zero-order chi connectivity index (χ0) is 23.5. The van der Waals surface area contributed by atoms with Crippen LogP contribution < -0.4 is 0 Å². The molecule has 2 amide bonds. The van der Waals surface area contributed by atoms with Crippen LogP contribution in [0.2, 0.25) is 5.02 Å². The van der Waals surface area contributed by atoms with E-state index in [0.29, 0.717) is 41.2 Å². The number of aryl methyl sites for hydroxylation is 1. The number of hydrogen-bond donors (Lipinski definition) is 0. The fourth-order valence-corrected chi connectivity index (χ4v) is 4.90. The first-order valence-corrected chi connectivity index (χ1v) is 11.8. The van der Waals surface area contributed by atoms with Crippen molar-refractivity contribution in [3.05, 3.63) is 70.8 Å². The van der Waals surface area contributed by atoms with Gasteiger partial charge in [-0.1, -0.05) is 29.4 Å². The van der Waals surface area contributed by atoms with Crippen LogP contribution in [0.4, 0.5) is 4.39 Å². The maximum atomic E-state index is 13.2. The summed E-state index contributed by atoms with van der Waals surface area (Å²) in [6.45, 7) is 5.06. The van der Waals surface area contributed by atoms with Crippen molar-refractivity contribution in [2.24, 2.45) is 0 Å². The largest absolute Gasteiger partial charge is 0.338 e. The Morgan fingerprint density at radius 3 is 2.61 bits per heavy atom. The molecule has 7 nitrogen and oxygen atoms in total. The summed E-state index contributed by atoms with van der Waals surface area (Å²) >= 11 is 7.44. The summed E-state index contributed by atoms with van der Waals surface area (Å²) in [5.41, 5.74) is 1.27. The normalized spacial score (nSPS) is 16.2. The van der Waals surface area contributed by atoms with E-state index in [-0.39, 0.29) is 29.4 Å². The quantitative estimate of drug-likeness (QED) is 0.511. The molecule has 0 bridgehead atoms. The SMILES string of the molecule is Cc1nnc(SCC(=O)N2CCN(C(=O)c3ccc(F)cc3)C(C)C2)n1-c1cccc(Cl)c1. The van der Waals surface area contributed by atoms with Gasteiger partial charge in [-0.2, -0.15) is 0 Å². The van der Waals surface area contributed by atoms with E-state index in [0.717, 1.165) is 5.69 Å². The van der Waals surface area contributed by atoms with Crippen LogP contribution in [0.1, 0.15) is 23.1 Å². The summed E-state index contributed by atoms with van der Waals surface area (Å²) in [7, 11) is 0. The molecule has 2 heterocycles. The van der Waals surface area contributed by atoms with Gasteiger partial charge in [0.1, 0.15) is 11.6 Å². The molecule has 0 spiro atoms. The van der Waals surface area contributed by atoms with E-state index in [9.17, 15) is 14.0 Å². The average molecular weight is 488 g/mol. The van der Waals surface area contributed by atoms with Gasteiger partial charge in [0.15, 0.2) is 5.16 Å². The third-order valence-corrected chi connectivity index (χ3v) is 6.67. The first-order valence-electron chi connectivity index (χ1n) is 10.5. The number of piperazine rings is 1. The van der Waals surface area contributed by atoms with Crippen molar-refractivity contribution in [2.75, 3.05) is 25.4 Å². The van der Waals surface area contributed by atoms with E-state index in [1.165, 1.54) is 36.0 Å². The Labute approximate surface area is 200 Å². The summed E-state index contributed by atoms with van der Waals surface area (Å²) in [6, 6.07) is 12.7. The second-order valence-electron chi connectivity index (χ2n) is 7.83. The van der Waals surface area contributed by atoms with E-state index in [4.69, 9.17) is 11.6 Å². The molecule has 1 aliphatic heterocycles. The number of carbonyl (C=O) groups excluding carboxylic acids is 2. The van der Waals surface area contributed by atoms with Crippen molar-refractivity contribution in [1.82, 2.24) is 24.6 Å². The summed E-state index contributed by atoms with van der Waals surface area (Å²) in [6.07, 6.45) is 0. The molecule has 1 aliphatic rings. The number of nitrogens with zero attached hydrogens (tertiary/aromatic N) is 5. The lowest BCUT2D eigenvalue weighted by Gasteiger charge is -2.40. The van der Waals surface area contributed by atoms with Gasteiger partial charge < -0.3 is 9.80 Å². The topological polar surface area (TPSA) is 71.3 Å². The molecule has 4 rings (SSSR count). The van der Waals surface area contributed by atoms with Crippen molar-refractivity contribution in [1.29, 1.82) is 0 Å². The number of aromatic nitrogens is 3. The van der Waals surface area contributed by atoms with Gasteiger partial charge in [0, 0.05) is 36.3 Å². The van der Waals surface area contributed by atoms with Crippen LogP contribution in [0, 0.1) is 12.7 Å². The van der Waals surface area contributed by atoms with Gasteiger partial charge >= 0.3 is 0 Å². The first kappa shape index (κ1) is 23.3. The molecule has 1 unspecified atom stereocenters. The van der Waals surface area contributed by atoms with Gasteiger partial charge in [0.05, 0.1) is 11.4 Å². The van der Waals surface area contributed by atoms with Crippen molar-refractivity contribution < 1.29 is 14.0 Å². The van der Waals surface area contributed by atoms with Crippen molar-refractivity contribution in [3.8, 4) is 5.69 Å². The second kappa shape index (κ2) is 9.93. The van der Waals surface area contributed by atoms with Crippen LogP contribution in [0.15, 0.2) is 53.7 Å². The Balaban J connectivity index is 1.37. The van der Waals surface area contributed by atoms with Gasteiger partial charge in [0.25, 0.3) is 5.91 Å². The van der Waals surface area contributed by atoms with E-state index < -0.39 is 0 Å². The standard InChI is InChI=1S/C23H23ClFN5O2S/c1-15-13-28(10-11-29(15)22(32)17-6-8-19(25)9-7-17)21(31)14-33-23-27-26-16(2)30(23)20-5-3-4-18(24)12-20/h3-9,12,15H,10-11,13-14H2,1-2H3. The minimum Gasteiger partial charge on any atom is -0.338 e. The van der Waals surface area contributed by atoms with Crippen LogP contribution in [-0.4, -0.2) is 67.8 Å². The Kier molecular flexibility index (Phi) is 6.99. The van der Waals surface area contributed by atoms with Crippen LogP contribution in [0.3, 0.4) is 0 Å². The monoisotopic (exact) mass is 487 g/mol. The predicted octanol–water partition coefficient (Wildman–Crippen LogP) is 3.83. The molecule has 1 saturated heterocycles. The lowest BCUT2D eigenvalue weighted by atomic mass is 10.1. The molecular weight excluding hydrogens is 465 g/mol. The van der Waals surface area contributed by atoms with Gasteiger partial charge in [-0.25, -0.2) is 4.39 Å². The Morgan fingerprint density at radius 1 is 1.15 bits per heavy atom. The highest BCUT2D eigenvalue weighted by Gasteiger charge is 2.30. The third-order valence-electron chi connectivity index (χ3n) is 5.52. The van der Waals surface area contributed by atoms with Crippen molar-refractivity contribution in [3.63, 3.8) is 0 Å². The van der Waals surface area contributed by atoms with Crippen LogP contribution >= 0.6 is 23.4 Å². The lowest BCUT2D eigenvalue weighted by molar-refractivity contribution is -0.130. The van der Waals surface area contributed by atoms with E-state index in [1.54, 1.807) is 15.9 Å². The minimum absolute atomic E-state index is 0.0287. The molecule has 1 fully saturated rings. The van der Waals surface area contributed by atoms with Gasteiger partial charge in [0.2, 0.25) is 5.91 Å². The first-order chi connectivity index (χ1) is 15.8. The summed E-state index contributed by atoms with van der Waals surface area (Å²) in [5, 5.41) is 9.58. The molecule has 0 saturated carbocycles. The second-order valence-corrected chi connectivity index (χ2v) is 9.21. The van der Waals surface area contributed by atoms with E-state index in [1.807, 2.05) is 36.6 Å². The zero-order valence-electron chi connectivity index (χ0n) is 18.2. The molecule has 1 atom stereocenters. The molecule has 1 aromatic heterocycles. The van der Waals surface area contributed by atoms with E-state index in [2.05, 4.69) is 10.2 Å². The smallest absolute Gasteiger partial charge is 0.254 e. The molecule has 0 aliphatic carbocycles. The van der Waals surface area contributed by atoms with Crippen molar-refractivity contribution >= 4 is 35.2 Å². The summed E-state index contributed by atoms with van der Waals surface area (Å²) in [4.78, 5) is 29.2. The third kappa shape index (κ3) is 5.20. The predicted molar refractivity (Wildman–Crippen MR) is 125 cm³/mol. The number of rotatable bonds is 5. The number of thioether (sulfide) groups is 1. The van der Waals surface area contributed by atoms with Crippen molar-refractivity contribution in [2.45, 2.75) is 25.0 Å². The molecule has 10 heteroatoms.